The molecule has 0 bridgehead atoms. The van der Waals surface area contributed by atoms with Gasteiger partial charge in [-0.25, -0.2) is 0 Å². The van der Waals surface area contributed by atoms with Gasteiger partial charge in [0.1, 0.15) is 24.4 Å². The van der Waals surface area contributed by atoms with Crippen LogP contribution in [0.2, 0.25) is 0 Å². The number of carbonyl (C=O) groups is 1. The molecular weight excluding hydrogens is 1100 g/mol. The summed E-state index contributed by atoms with van der Waals surface area (Å²) in [5.74, 6) is -0.132. The number of amides is 1. The van der Waals surface area contributed by atoms with Gasteiger partial charge in [0.15, 0.2) is 6.29 Å². The summed E-state index contributed by atoms with van der Waals surface area (Å²) in [7, 11) is 0. The number of rotatable bonds is 73. The smallest absolute Gasteiger partial charge is 0.220 e. The van der Waals surface area contributed by atoms with Crippen molar-refractivity contribution in [3.63, 3.8) is 0 Å². The lowest BCUT2D eigenvalue weighted by Gasteiger charge is -2.40. The van der Waals surface area contributed by atoms with Gasteiger partial charge >= 0.3 is 0 Å². The number of unbranched alkanes of at least 4 members (excludes halogenated alkanes) is 61. The maximum atomic E-state index is 13.2. The highest BCUT2D eigenvalue weighted by Crippen LogP contribution is 2.24. The van der Waals surface area contributed by atoms with Crippen LogP contribution in [0.3, 0.4) is 0 Å². The lowest BCUT2D eigenvalue weighted by molar-refractivity contribution is -0.302. The van der Waals surface area contributed by atoms with Crippen molar-refractivity contribution in [3.8, 4) is 0 Å². The van der Waals surface area contributed by atoms with Crippen molar-refractivity contribution in [2.45, 2.75) is 480 Å². The summed E-state index contributed by atoms with van der Waals surface area (Å²) in [6, 6.07) is -0.717. The first-order valence-electron chi connectivity index (χ1n) is 40.4. The quantitative estimate of drug-likeness (QED) is 0.0261. The highest BCUT2D eigenvalue weighted by molar-refractivity contribution is 5.76. The Morgan fingerprint density at radius 1 is 0.371 bits per heavy atom. The van der Waals surface area contributed by atoms with Crippen LogP contribution in [0.25, 0.3) is 0 Å². The van der Waals surface area contributed by atoms with Gasteiger partial charge in [0.05, 0.1) is 25.4 Å². The van der Waals surface area contributed by atoms with Crippen LogP contribution in [0.5, 0.6) is 0 Å². The van der Waals surface area contributed by atoms with Crippen LogP contribution in [0.4, 0.5) is 0 Å². The molecule has 0 aliphatic carbocycles. The second-order valence-corrected chi connectivity index (χ2v) is 28.6. The molecule has 1 amide bonds. The lowest BCUT2D eigenvalue weighted by atomic mass is 9.99. The number of allylic oxidation sites excluding steroid dienone is 2. The molecule has 9 nitrogen and oxygen atoms in total. The molecule has 0 spiro atoms. The molecule has 7 atom stereocenters. The van der Waals surface area contributed by atoms with Crippen LogP contribution in [-0.2, 0) is 14.3 Å². The summed E-state index contributed by atoms with van der Waals surface area (Å²) in [6.07, 6.45) is 84.8. The van der Waals surface area contributed by atoms with Crippen molar-refractivity contribution in [3.05, 3.63) is 12.2 Å². The van der Waals surface area contributed by atoms with E-state index in [0.29, 0.717) is 12.8 Å². The number of hydrogen-bond donors (Lipinski definition) is 6. The van der Waals surface area contributed by atoms with E-state index in [4.69, 9.17) is 9.47 Å². The van der Waals surface area contributed by atoms with Crippen molar-refractivity contribution in [1.29, 1.82) is 0 Å². The fourth-order valence-corrected chi connectivity index (χ4v) is 13.6. The fourth-order valence-electron chi connectivity index (χ4n) is 13.6. The van der Waals surface area contributed by atoms with E-state index in [-0.39, 0.29) is 12.5 Å². The van der Waals surface area contributed by atoms with Gasteiger partial charge in [-0.3, -0.25) is 4.79 Å². The first kappa shape index (κ1) is 85.9. The molecule has 0 aromatic rings. The van der Waals surface area contributed by atoms with Gasteiger partial charge in [0.25, 0.3) is 0 Å². The Labute approximate surface area is 554 Å². The van der Waals surface area contributed by atoms with E-state index in [1.807, 2.05) is 0 Å². The Morgan fingerprint density at radius 2 is 0.629 bits per heavy atom. The summed E-state index contributed by atoms with van der Waals surface area (Å²) in [4.78, 5) is 13.2. The van der Waals surface area contributed by atoms with Crippen LogP contribution in [0.15, 0.2) is 12.2 Å². The Bertz CT molecular complexity index is 1410. The number of aliphatic hydroxyl groups excluding tert-OH is 5. The number of aliphatic hydroxyl groups is 5. The normalized spacial score (nSPS) is 17.8. The van der Waals surface area contributed by atoms with Crippen LogP contribution in [-0.4, -0.2) is 87.5 Å². The third-order valence-corrected chi connectivity index (χ3v) is 19.9. The molecule has 6 N–H and O–H groups in total. The maximum Gasteiger partial charge on any atom is 0.220 e. The van der Waals surface area contributed by atoms with Gasteiger partial charge in [0, 0.05) is 6.42 Å². The minimum atomic E-state index is -1.55. The molecule has 1 saturated heterocycles. The monoisotopic (exact) mass is 1260 g/mol. The van der Waals surface area contributed by atoms with E-state index in [2.05, 4.69) is 31.3 Å². The van der Waals surface area contributed by atoms with Crippen molar-refractivity contribution in [2.24, 2.45) is 0 Å². The van der Waals surface area contributed by atoms with Gasteiger partial charge in [-0.15, -0.1) is 0 Å². The Kier molecular flexibility index (Phi) is 67.4. The third-order valence-electron chi connectivity index (χ3n) is 19.9. The minimum Gasteiger partial charge on any atom is -0.394 e. The summed E-state index contributed by atoms with van der Waals surface area (Å²) >= 11 is 0. The van der Waals surface area contributed by atoms with E-state index in [9.17, 15) is 30.3 Å². The van der Waals surface area contributed by atoms with E-state index in [1.54, 1.807) is 0 Å². The molecule has 1 heterocycles. The van der Waals surface area contributed by atoms with E-state index in [1.165, 1.54) is 372 Å². The van der Waals surface area contributed by atoms with Crippen LogP contribution in [0.1, 0.15) is 438 Å². The second kappa shape index (κ2) is 69.8. The number of carbonyl (C=O) groups excluding carboxylic acids is 1. The molecule has 1 rings (SSSR count). The topological polar surface area (TPSA) is 149 Å². The van der Waals surface area contributed by atoms with Crippen molar-refractivity contribution < 1.29 is 39.8 Å². The predicted molar refractivity (Wildman–Crippen MR) is 383 cm³/mol. The van der Waals surface area contributed by atoms with Crippen molar-refractivity contribution >= 4 is 5.91 Å². The Balaban J connectivity index is 2.02. The van der Waals surface area contributed by atoms with Crippen LogP contribution < -0.4 is 5.32 Å². The van der Waals surface area contributed by atoms with Gasteiger partial charge in [-0.1, -0.05) is 405 Å². The van der Waals surface area contributed by atoms with Gasteiger partial charge in [-0.2, -0.15) is 0 Å². The van der Waals surface area contributed by atoms with Crippen LogP contribution >= 0.6 is 0 Å². The highest BCUT2D eigenvalue weighted by atomic mass is 16.7. The first-order chi connectivity index (χ1) is 43.8. The molecule has 7 unspecified atom stereocenters. The molecule has 0 aromatic heterocycles. The molecule has 0 radical (unpaired) electrons. The van der Waals surface area contributed by atoms with E-state index < -0.39 is 49.5 Å². The molecule has 1 fully saturated rings. The van der Waals surface area contributed by atoms with E-state index >= 15 is 0 Å². The molecule has 1 aliphatic rings. The molecule has 0 aromatic carbocycles. The zero-order valence-electron chi connectivity index (χ0n) is 59.7. The number of nitrogens with one attached hydrogen (secondary N) is 1. The largest absolute Gasteiger partial charge is 0.394 e. The second-order valence-electron chi connectivity index (χ2n) is 28.6. The number of hydrogen-bond acceptors (Lipinski definition) is 8. The van der Waals surface area contributed by atoms with Crippen molar-refractivity contribution in [2.75, 3.05) is 13.2 Å². The van der Waals surface area contributed by atoms with Crippen LogP contribution in [0, 0.1) is 0 Å². The molecule has 89 heavy (non-hydrogen) atoms. The van der Waals surface area contributed by atoms with Gasteiger partial charge < -0.3 is 40.3 Å². The molecule has 1 aliphatic heterocycles. The molecular formula is C80H157NO8. The SMILES string of the molecule is CCCCCCCCCC/C=C\CCCCCCCCCCCCCCCCCCCCCCCCCCCCCC(=O)NC(COC1OC(CO)C(O)C(O)C1O)C(O)CCCCCCCCCCCCCCCCCCCCCCCCCCCCC. The summed E-state index contributed by atoms with van der Waals surface area (Å²) in [6.45, 7) is 3.91. The summed E-state index contributed by atoms with van der Waals surface area (Å²) in [5.41, 5.74) is 0. The average Bonchev–Trinajstić information content (AvgIpc) is 2.42. The van der Waals surface area contributed by atoms with E-state index in [0.717, 1.165) is 38.5 Å². The Hall–Kier alpha value is -1.07. The Morgan fingerprint density at radius 3 is 0.910 bits per heavy atom. The fraction of sp³-hybridized carbons (Fsp3) is 0.963. The van der Waals surface area contributed by atoms with Gasteiger partial charge in [-0.05, 0) is 38.5 Å². The standard InChI is InChI=1S/C80H157NO8/c1-3-5-7-9-11-13-15-17-19-21-23-25-27-29-31-32-33-34-35-36-37-38-39-40-41-42-44-46-48-50-52-54-56-58-60-62-64-66-68-70-76(84)81-73(72-88-80-79(87)78(86)77(85)75(71-82)89-80)74(83)69-67-65-63-61-59-57-55-53-51-49-47-45-43-30-28-26-24-22-20-18-16-14-12-10-8-6-4-2/h21,23,73-75,77-80,82-83,85-87H,3-20,22,24-72H2,1-2H3,(H,81,84)/b23-21-. The summed E-state index contributed by atoms with van der Waals surface area (Å²) < 4.78 is 11.4. The summed E-state index contributed by atoms with van der Waals surface area (Å²) in [5, 5.41) is 55.1. The predicted octanol–water partition coefficient (Wildman–Crippen LogP) is 23.0. The minimum absolute atomic E-state index is 0.131. The molecule has 9 heteroatoms. The molecule has 0 saturated carbocycles. The van der Waals surface area contributed by atoms with Crippen molar-refractivity contribution in [1.82, 2.24) is 5.32 Å². The third kappa shape index (κ3) is 58.1. The number of ether oxygens (including phenoxy) is 2. The zero-order chi connectivity index (χ0) is 64.2. The average molecular weight is 1260 g/mol. The lowest BCUT2D eigenvalue weighted by Crippen LogP contribution is -2.60. The first-order valence-corrected chi connectivity index (χ1v) is 40.4. The van der Waals surface area contributed by atoms with Gasteiger partial charge in [0.2, 0.25) is 5.91 Å². The maximum absolute atomic E-state index is 13.2. The molecule has 530 valence electrons. The highest BCUT2D eigenvalue weighted by Gasteiger charge is 2.44. The zero-order valence-corrected chi connectivity index (χ0v) is 59.7.